The molecule has 7 nitrogen and oxygen atoms in total. The molecule has 0 radical (unpaired) electrons. The van der Waals surface area contributed by atoms with Gasteiger partial charge in [0.05, 0.1) is 0 Å². The number of amidine groups is 1. The predicted octanol–water partition coefficient (Wildman–Crippen LogP) is 3.37. The third-order valence-electron chi connectivity index (χ3n) is 5.31. The van der Waals surface area contributed by atoms with Gasteiger partial charge in [-0.3, -0.25) is 14.4 Å². The van der Waals surface area contributed by atoms with Crippen LogP contribution in [0.5, 0.6) is 0 Å². The Hall–Kier alpha value is -2.35. The van der Waals surface area contributed by atoms with Crippen LogP contribution in [0.2, 0.25) is 0 Å². The number of carbonyl (C=O) groups is 3. The first-order chi connectivity index (χ1) is 14.5. The molecule has 2 aliphatic heterocycles. The fourth-order valence-corrected chi connectivity index (χ4v) is 4.67. The van der Waals surface area contributed by atoms with Crippen molar-refractivity contribution in [2.75, 3.05) is 32.0 Å². The maximum absolute atomic E-state index is 12.5. The average Bonchev–Trinajstić information content (AvgIpc) is 3.12. The highest BCUT2D eigenvalue weighted by atomic mass is 32.2. The Kier molecular flexibility index (Phi) is 7.90. The average molecular weight is 431 g/mol. The minimum absolute atomic E-state index is 0.0684. The van der Waals surface area contributed by atoms with Crippen molar-refractivity contribution in [2.24, 2.45) is 4.99 Å². The van der Waals surface area contributed by atoms with Crippen LogP contribution < -0.4 is 5.32 Å². The molecule has 1 atom stereocenters. The van der Waals surface area contributed by atoms with Gasteiger partial charge in [0.1, 0.15) is 5.25 Å². The zero-order chi connectivity index (χ0) is 21.5. The van der Waals surface area contributed by atoms with Gasteiger partial charge in [0.15, 0.2) is 5.17 Å². The van der Waals surface area contributed by atoms with E-state index in [4.69, 9.17) is 0 Å². The monoisotopic (exact) mass is 430 g/mol. The van der Waals surface area contributed by atoms with E-state index in [1.807, 2.05) is 0 Å². The number of unbranched alkanes of at least 4 members (excludes halogenated alkanes) is 1. The number of piperidine rings is 1. The van der Waals surface area contributed by atoms with Crippen LogP contribution in [-0.2, 0) is 9.59 Å². The summed E-state index contributed by atoms with van der Waals surface area (Å²) in [5, 5.41) is 3.09. The van der Waals surface area contributed by atoms with Gasteiger partial charge in [-0.05, 0) is 43.9 Å². The van der Waals surface area contributed by atoms with Crippen molar-refractivity contribution in [1.82, 2.24) is 9.80 Å². The normalized spacial score (nSPS) is 18.9. The van der Waals surface area contributed by atoms with Crippen LogP contribution in [0.4, 0.5) is 5.69 Å². The Morgan fingerprint density at radius 1 is 1.27 bits per heavy atom. The molecule has 1 aromatic rings. The Labute approximate surface area is 182 Å². The summed E-state index contributed by atoms with van der Waals surface area (Å²) in [6.07, 6.45) is 5.48. The fourth-order valence-electron chi connectivity index (χ4n) is 3.56. The SMILES string of the molecule is CCCCN(C)C(=O)c1cccc(NC(=O)C[C@H]2SC(N3CCCCC3)=NC2=O)c1. The lowest BCUT2D eigenvalue weighted by Crippen LogP contribution is -2.33. The summed E-state index contributed by atoms with van der Waals surface area (Å²) in [6, 6.07) is 6.93. The molecule has 3 amide bonds. The van der Waals surface area contributed by atoms with E-state index >= 15 is 0 Å². The Morgan fingerprint density at radius 3 is 2.77 bits per heavy atom. The maximum Gasteiger partial charge on any atom is 0.262 e. The smallest absolute Gasteiger partial charge is 0.262 e. The standard InChI is InChI=1S/C22H30N4O3S/c1-3-4-11-25(2)21(29)16-9-8-10-17(14-16)23-19(27)15-18-20(28)24-22(30-18)26-12-6-5-7-13-26/h8-10,14,18H,3-7,11-13,15H2,1-2H3,(H,23,27)/t18-/m1/s1. The highest BCUT2D eigenvalue weighted by Crippen LogP contribution is 2.29. The van der Waals surface area contributed by atoms with E-state index in [0.717, 1.165) is 43.9 Å². The van der Waals surface area contributed by atoms with Crippen LogP contribution in [0.1, 0.15) is 55.8 Å². The topological polar surface area (TPSA) is 82.1 Å². The van der Waals surface area contributed by atoms with Crippen molar-refractivity contribution in [3.05, 3.63) is 29.8 Å². The summed E-state index contributed by atoms with van der Waals surface area (Å²) in [7, 11) is 1.78. The maximum atomic E-state index is 12.5. The lowest BCUT2D eigenvalue weighted by molar-refractivity contribution is -0.121. The summed E-state index contributed by atoms with van der Waals surface area (Å²) in [4.78, 5) is 45.3. The number of anilines is 1. The van der Waals surface area contributed by atoms with Gasteiger partial charge >= 0.3 is 0 Å². The fraction of sp³-hybridized carbons (Fsp3) is 0.545. The van der Waals surface area contributed by atoms with Crippen molar-refractivity contribution in [1.29, 1.82) is 0 Å². The minimum atomic E-state index is -0.480. The number of carbonyl (C=O) groups excluding carboxylic acids is 3. The van der Waals surface area contributed by atoms with E-state index in [1.54, 1.807) is 36.2 Å². The highest BCUT2D eigenvalue weighted by molar-refractivity contribution is 8.15. The number of likely N-dealkylation sites (tertiary alicyclic amines) is 1. The molecule has 2 aliphatic rings. The van der Waals surface area contributed by atoms with Crippen LogP contribution in [0.3, 0.4) is 0 Å². The zero-order valence-electron chi connectivity index (χ0n) is 17.7. The minimum Gasteiger partial charge on any atom is -0.351 e. The van der Waals surface area contributed by atoms with Gasteiger partial charge in [0, 0.05) is 44.4 Å². The van der Waals surface area contributed by atoms with Gasteiger partial charge in [-0.1, -0.05) is 31.2 Å². The third kappa shape index (κ3) is 5.84. The molecule has 3 rings (SSSR count). The number of nitrogens with one attached hydrogen (secondary N) is 1. The van der Waals surface area contributed by atoms with E-state index in [1.165, 1.54) is 18.2 Å². The van der Waals surface area contributed by atoms with Crippen molar-refractivity contribution in [2.45, 2.75) is 50.7 Å². The molecule has 0 aromatic heterocycles. The molecule has 0 saturated carbocycles. The molecular weight excluding hydrogens is 400 g/mol. The van der Waals surface area contributed by atoms with Gasteiger partial charge in [-0.2, -0.15) is 4.99 Å². The highest BCUT2D eigenvalue weighted by Gasteiger charge is 2.33. The molecule has 0 spiro atoms. The number of amides is 3. The van der Waals surface area contributed by atoms with Gasteiger partial charge in [-0.15, -0.1) is 0 Å². The molecule has 1 saturated heterocycles. The number of hydrogen-bond donors (Lipinski definition) is 1. The second kappa shape index (κ2) is 10.6. The summed E-state index contributed by atoms with van der Waals surface area (Å²) < 4.78 is 0. The first-order valence-corrected chi connectivity index (χ1v) is 11.6. The summed E-state index contributed by atoms with van der Waals surface area (Å²) in [6.45, 7) is 4.63. The number of nitrogens with zero attached hydrogens (tertiary/aromatic N) is 3. The molecule has 8 heteroatoms. The molecule has 1 N–H and O–H groups in total. The van der Waals surface area contributed by atoms with E-state index in [0.29, 0.717) is 17.8 Å². The summed E-state index contributed by atoms with van der Waals surface area (Å²) >= 11 is 1.39. The predicted molar refractivity (Wildman–Crippen MR) is 121 cm³/mol. The lowest BCUT2D eigenvalue weighted by atomic mass is 10.1. The number of hydrogen-bond acceptors (Lipinski definition) is 5. The quantitative estimate of drug-likeness (QED) is 0.717. The number of thioether (sulfide) groups is 1. The Morgan fingerprint density at radius 2 is 2.03 bits per heavy atom. The van der Waals surface area contributed by atoms with Gasteiger partial charge < -0.3 is 15.1 Å². The van der Waals surface area contributed by atoms with Crippen molar-refractivity contribution >= 4 is 40.3 Å². The van der Waals surface area contributed by atoms with Crippen LogP contribution in [0.25, 0.3) is 0 Å². The molecule has 162 valence electrons. The number of rotatable bonds is 7. The number of aliphatic imine (C=N–C) groups is 1. The van der Waals surface area contributed by atoms with Crippen molar-refractivity contribution < 1.29 is 14.4 Å². The van der Waals surface area contributed by atoms with Crippen molar-refractivity contribution in [3.63, 3.8) is 0 Å². The summed E-state index contributed by atoms with van der Waals surface area (Å²) in [5.41, 5.74) is 1.09. The Bertz CT molecular complexity index is 820. The molecule has 1 aromatic carbocycles. The molecule has 2 heterocycles. The van der Waals surface area contributed by atoms with E-state index in [2.05, 4.69) is 22.1 Å². The van der Waals surface area contributed by atoms with Crippen LogP contribution in [0.15, 0.2) is 29.3 Å². The Balaban J connectivity index is 1.54. The zero-order valence-corrected chi connectivity index (χ0v) is 18.5. The summed E-state index contributed by atoms with van der Waals surface area (Å²) in [5.74, 6) is -0.558. The number of benzene rings is 1. The second-order valence-corrected chi connectivity index (χ2v) is 8.97. The van der Waals surface area contributed by atoms with Gasteiger partial charge in [0.2, 0.25) is 5.91 Å². The van der Waals surface area contributed by atoms with E-state index < -0.39 is 5.25 Å². The second-order valence-electron chi connectivity index (χ2n) is 7.80. The van der Waals surface area contributed by atoms with Crippen LogP contribution >= 0.6 is 11.8 Å². The largest absolute Gasteiger partial charge is 0.351 e. The van der Waals surface area contributed by atoms with Gasteiger partial charge in [0.25, 0.3) is 11.8 Å². The first kappa shape index (κ1) is 22.3. The molecular formula is C22H30N4O3S. The molecule has 30 heavy (non-hydrogen) atoms. The molecule has 1 fully saturated rings. The van der Waals surface area contributed by atoms with E-state index in [9.17, 15) is 14.4 Å². The van der Waals surface area contributed by atoms with Gasteiger partial charge in [-0.25, -0.2) is 0 Å². The lowest BCUT2D eigenvalue weighted by Gasteiger charge is -2.27. The molecule has 0 bridgehead atoms. The van der Waals surface area contributed by atoms with Crippen molar-refractivity contribution in [3.8, 4) is 0 Å². The molecule has 0 unspecified atom stereocenters. The first-order valence-electron chi connectivity index (χ1n) is 10.7. The third-order valence-corrected chi connectivity index (χ3v) is 6.53. The van der Waals surface area contributed by atoms with Crippen LogP contribution in [-0.4, -0.2) is 64.6 Å². The van der Waals surface area contributed by atoms with Crippen LogP contribution in [0, 0.1) is 0 Å². The van der Waals surface area contributed by atoms with E-state index in [-0.39, 0.29) is 24.1 Å². The molecule has 0 aliphatic carbocycles.